The summed E-state index contributed by atoms with van der Waals surface area (Å²) in [6.45, 7) is 0.374. The topological polar surface area (TPSA) is 66.8 Å². The second kappa shape index (κ2) is 6.84. The van der Waals surface area contributed by atoms with E-state index in [0.717, 1.165) is 16.7 Å². The highest BCUT2D eigenvalue weighted by Gasteiger charge is 2.24. The molecule has 1 aliphatic carbocycles. The maximum absolute atomic E-state index is 12.9. The molecule has 0 unspecified atom stereocenters. The van der Waals surface area contributed by atoms with E-state index >= 15 is 0 Å². The van der Waals surface area contributed by atoms with Crippen LogP contribution in [0.1, 0.15) is 28.8 Å². The number of rotatable bonds is 3. The number of nitrogens with zero attached hydrogens (tertiary/aromatic N) is 1. The molecule has 0 saturated heterocycles. The highest BCUT2D eigenvalue weighted by molar-refractivity contribution is 6.12. The zero-order chi connectivity index (χ0) is 17.1. The van der Waals surface area contributed by atoms with Gasteiger partial charge in [-0.3, -0.25) is 14.8 Å². The van der Waals surface area contributed by atoms with Crippen LogP contribution in [-0.4, -0.2) is 35.6 Å². The predicted octanol–water partition coefficient (Wildman–Crippen LogP) is 2.85. The van der Waals surface area contributed by atoms with Gasteiger partial charge in [0.2, 0.25) is 5.91 Å². The molecule has 0 atom stereocenters. The molecule has 5 nitrogen and oxygen atoms in total. The van der Waals surface area contributed by atoms with E-state index in [1.807, 2.05) is 30.4 Å². The molecule has 0 fully saturated rings. The van der Waals surface area contributed by atoms with Crippen LogP contribution in [0.3, 0.4) is 0 Å². The van der Waals surface area contributed by atoms with E-state index < -0.39 is 0 Å². The maximum atomic E-state index is 12.9. The summed E-state index contributed by atoms with van der Waals surface area (Å²) >= 11 is 0. The van der Waals surface area contributed by atoms with Crippen LogP contribution in [0, 0.1) is 0 Å². The highest BCUT2D eigenvalue weighted by Crippen LogP contribution is 2.31. The minimum atomic E-state index is -0.364. The summed E-state index contributed by atoms with van der Waals surface area (Å²) in [6.07, 6.45) is 8.94. The molecule has 1 aromatic carbocycles. The molecule has 24 heavy (non-hydrogen) atoms. The number of Topliss-reactive ketones (excluding diaryl/α,β-unsaturated/α-hetero) is 1. The van der Waals surface area contributed by atoms with Crippen molar-refractivity contribution in [1.29, 1.82) is 0 Å². The van der Waals surface area contributed by atoms with Gasteiger partial charge in [-0.2, -0.15) is 0 Å². The standard InChI is InChI=1S/C19H19NO4/c1-20(23)18(21)10-8-13-7-9-17-16(11-13)19(22)15-6-4-2-3-5-14(15)12-24-17/h2-5,7,9,11,23H,6,8,10,12H2,1H3. The number of ketones is 1. The average Bonchev–Trinajstić information content (AvgIpc) is 2.88. The molecule has 0 spiro atoms. The molecule has 1 N–H and O–H groups in total. The molecule has 0 bridgehead atoms. The smallest absolute Gasteiger partial charge is 0.245 e. The molecular weight excluding hydrogens is 306 g/mol. The van der Waals surface area contributed by atoms with Crippen LogP contribution < -0.4 is 4.74 Å². The van der Waals surface area contributed by atoms with Gasteiger partial charge in [0.25, 0.3) is 0 Å². The van der Waals surface area contributed by atoms with E-state index in [-0.39, 0.29) is 18.1 Å². The summed E-state index contributed by atoms with van der Waals surface area (Å²) in [5.74, 6) is 0.178. The monoisotopic (exact) mass is 325 g/mol. The summed E-state index contributed by atoms with van der Waals surface area (Å²) < 4.78 is 5.79. The van der Waals surface area contributed by atoms with Crippen molar-refractivity contribution in [2.24, 2.45) is 0 Å². The molecule has 0 saturated carbocycles. The predicted molar refractivity (Wildman–Crippen MR) is 89.1 cm³/mol. The Morgan fingerprint density at radius 2 is 2.17 bits per heavy atom. The number of fused-ring (bicyclic) bond motifs is 1. The first-order chi connectivity index (χ1) is 11.6. The van der Waals surface area contributed by atoms with Crippen molar-refractivity contribution in [2.75, 3.05) is 13.7 Å². The van der Waals surface area contributed by atoms with Crippen LogP contribution in [-0.2, 0) is 11.2 Å². The van der Waals surface area contributed by atoms with Crippen molar-refractivity contribution in [3.05, 3.63) is 64.8 Å². The molecule has 1 aromatic rings. The lowest BCUT2D eigenvalue weighted by atomic mass is 9.95. The fourth-order valence-corrected chi connectivity index (χ4v) is 2.81. The van der Waals surface area contributed by atoms with E-state index in [9.17, 15) is 9.59 Å². The van der Waals surface area contributed by atoms with Gasteiger partial charge in [0.05, 0.1) is 5.56 Å². The van der Waals surface area contributed by atoms with Gasteiger partial charge in [-0.1, -0.05) is 30.4 Å². The number of ether oxygens (including phenoxy) is 1. The number of aryl methyl sites for hydroxylation is 1. The van der Waals surface area contributed by atoms with E-state index in [1.54, 1.807) is 12.1 Å². The molecule has 5 heteroatoms. The zero-order valence-electron chi connectivity index (χ0n) is 13.5. The summed E-state index contributed by atoms with van der Waals surface area (Å²) in [5, 5.41) is 9.70. The minimum absolute atomic E-state index is 0.0267. The number of hydrogen-bond acceptors (Lipinski definition) is 4. The summed E-state index contributed by atoms with van der Waals surface area (Å²) in [7, 11) is 1.30. The summed E-state index contributed by atoms with van der Waals surface area (Å²) in [4.78, 5) is 24.4. The Morgan fingerprint density at radius 3 is 2.96 bits per heavy atom. The molecule has 0 aromatic heterocycles. The summed E-state index contributed by atoms with van der Waals surface area (Å²) in [6, 6.07) is 5.42. The molecule has 124 valence electrons. The second-order valence-corrected chi connectivity index (χ2v) is 5.86. The number of hydrogen-bond donors (Lipinski definition) is 1. The van der Waals surface area contributed by atoms with E-state index in [0.29, 0.717) is 35.8 Å². The van der Waals surface area contributed by atoms with Crippen molar-refractivity contribution < 1.29 is 19.5 Å². The van der Waals surface area contributed by atoms with Crippen LogP contribution in [0.5, 0.6) is 5.75 Å². The Bertz CT molecular complexity index is 772. The van der Waals surface area contributed by atoms with E-state index in [2.05, 4.69) is 0 Å². The Labute approximate surface area is 140 Å². The van der Waals surface area contributed by atoms with Crippen LogP contribution in [0.2, 0.25) is 0 Å². The third kappa shape index (κ3) is 3.31. The van der Waals surface area contributed by atoms with Crippen molar-refractivity contribution in [3.63, 3.8) is 0 Å². The van der Waals surface area contributed by atoms with Crippen molar-refractivity contribution in [3.8, 4) is 5.75 Å². The third-order valence-electron chi connectivity index (χ3n) is 4.19. The second-order valence-electron chi connectivity index (χ2n) is 5.86. The Hall–Kier alpha value is -2.66. The van der Waals surface area contributed by atoms with Gasteiger partial charge in [-0.15, -0.1) is 0 Å². The lowest BCUT2D eigenvalue weighted by molar-refractivity contribution is -0.159. The molecule has 1 amide bonds. The largest absolute Gasteiger partial charge is 0.488 e. The molecule has 1 heterocycles. The first-order valence-electron chi connectivity index (χ1n) is 7.87. The zero-order valence-corrected chi connectivity index (χ0v) is 13.5. The third-order valence-corrected chi connectivity index (χ3v) is 4.19. The lowest BCUT2D eigenvalue weighted by Crippen LogP contribution is -2.22. The van der Waals surface area contributed by atoms with Crippen LogP contribution >= 0.6 is 0 Å². The van der Waals surface area contributed by atoms with Crippen molar-refractivity contribution >= 4 is 11.7 Å². The Morgan fingerprint density at radius 1 is 1.33 bits per heavy atom. The number of allylic oxidation sites excluding steroid dienone is 4. The maximum Gasteiger partial charge on any atom is 0.245 e. The molecule has 0 radical (unpaired) electrons. The molecule has 3 rings (SSSR count). The van der Waals surface area contributed by atoms with E-state index in [4.69, 9.17) is 9.94 Å². The van der Waals surface area contributed by atoms with Gasteiger partial charge in [-0.05, 0) is 36.1 Å². The number of carbonyl (C=O) groups is 2. The van der Waals surface area contributed by atoms with Crippen LogP contribution in [0.4, 0.5) is 0 Å². The number of benzene rings is 1. The normalized spacial score (nSPS) is 16.0. The Kier molecular flexibility index (Phi) is 4.62. The van der Waals surface area contributed by atoms with Gasteiger partial charge in [0, 0.05) is 19.0 Å². The minimum Gasteiger partial charge on any atom is -0.488 e. The average molecular weight is 325 g/mol. The van der Waals surface area contributed by atoms with Crippen LogP contribution in [0.25, 0.3) is 0 Å². The van der Waals surface area contributed by atoms with Crippen molar-refractivity contribution in [1.82, 2.24) is 5.06 Å². The lowest BCUT2D eigenvalue weighted by Gasteiger charge is -2.11. The van der Waals surface area contributed by atoms with Gasteiger partial charge < -0.3 is 4.74 Å². The number of carbonyl (C=O) groups excluding carboxylic acids is 2. The number of amides is 1. The SMILES string of the molecule is CN(O)C(=O)CCc1ccc2c(c1)C(=O)C1=C(C=CC=CC1)CO2. The van der Waals surface area contributed by atoms with Gasteiger partial charge in [0.1, 0.15) is 12.4 Å². The summed E-state index contributed by atoms with van der Waals surface area (Å²) in [5.41, 5.74) is 3.05. The highest BCUT2D eigenvalue weighted by atomic mass is 16.5. The van der Waals surface area contributed by atoms with Crippen LogP contribution in [0.15, 0.2) is 53.6 Å². The quantitative estimate of drug-likeness (QED) is 0.685. The number of hydroxylamine groups is 2. The van der Waals surface area contributed by atoms with Gasteiger partial charge in [0.15, 0.2) is 5.78 Å². The fourth-order valence-electron chi connectivity index (χ4n) is 2.81. The van der Waals surface area contributed by atoms with E-state index in [1.165, 1.54) is 7.05 Å². The first kappa shape index (κ1) is 16.2. The van der Waals surface area contributed by atoms with Gasteiger partial charge >= 0.3 is 0 Å². The molecular formula is C19H19NO4. The fraction of sp³-hybridized carbons (Fsp3) is 0.263. The van der Waals surface area contributed by atoms with Gasteiger partial charge in [-0.25, -0.2) is 5.06 Å². The Balaban J connectivity index is 1.87. The molecule has 1 aliphatic heterocycles. The van der Waals surface area contributed by atoms with Crippen molar-refractivity contribution in [2.45, 2.75) is 19.3 Å². The first-order valence-corrected chi connectivity index (χ1v) is 7.87. The molecule has 2 aliphatic rings.